The van der Waals surface area contributed by atoms with Crippen molar-refractivity contribution >= 4 is 29.4 Å². The maximum atomic E-state index is 13.8. The van der Waals surface area contributed by atoms with Gasteiger partial charge >= 0.3 is 5.97 Å². The Kier molecular flexibility index (Phi) is 7.84. The monoisotopic (exact) mass is 569 g/mol. The van der Waals surface area contributed by atoms with Gasteiger partial charge in [-0.15, -0.1) is 0 Å². The topological polar surface area (TPSA) is 123 Å². The SMILES string of the molecule is C=CCOc1ccc(C2C(C(=O)OCC)=C(C)N=c3sc(=Cc4ccc(-c5ccc(C(=O)[O-])cc5)o4)c(=O)n32)cc1. The van der Waals surface area contributed by atoms with Gasteiger partial charge < -0.3 is 23.8 Å². The van der Waals surface area contributed by atoms with E-state index in [1.807, 2.05) is 12.1 Å². The van der Waals surface area contributed by atoms with Crippen LogP contribution in [0.5, 0.6) is 5.75 Å². The van der Waals surface area contributed by atoms with E-state index in [2.05, 4.69) is 11.6 Å². The zero-order valence-corrected chi connectivity index (χ0v) is 23.1. The normalized spacial score (nSPS) is 14.8. The molecule has 0 bridgehead atoms. The van der Waals surface area contributed by atoms with Gasteiger partial charge in [0.25, 0.3) is 5.56 Å². The highest BCUT2D eigenvalue weighted by Gasteiger charge is 2.33. The van der Waals surface area contributed by atoms with Crippen LogP contribution in [0.15, 0.2) is 98.8 Å². The number of thiazole rings is 1. The van der Waals surface area contributed by atoms with Gasteiger partial charge in [-0.05, 0) is 49.2 Å². The number of fused-ring (bicyclic) bond motifs is 1. The van der Waals surface area contributed by atoms with E-state index in [-0.39, 0.29) is 23.3 Å². The Bertz CT molecular complexity index is 1840. The molecular formula is C31H25N2O7S-. The van der Waals surface area contributed by atoms with Crippen molar-refractivity contribution in [2.24, 2.45) is 4.99 Å². The van der Waals surface area contributed by atoms with Crippen molar-refractivity contribution < 1.29 is 28.6 Å². The van der Waals surface area contributed by atoms with Gasteiger partial charge in [0, 0.05) is 11.6 Å². The zero-order chi connectivity index (χ0) is 29.1. The van der Waals surface area contributed by atoms with Crippen LogP contribution >= 0.6 is 11.3 Å². The number of aromatic carboxylic acids is 1. The van der Waals surface area contributed by atoms with Crippen LogP contribution in [0.1, 0.15) is 41.6 Å². The minimum absolute atomic E-state index is 0.0626. The van der Waals surface area contributed by atoms with Crippen LogP contribution in [0, 0.1) is 0 Å². The lowest BCUT2D eigenvalue weighted by molar-refractivity contribution is -0.255. The van der Waals surface area contributed by atoms with E-state index in [0.717, 1.165) is 0 Å². The zero-order valence-electron chi connectivity index (χ0n) is 22.3. The van der Waals surface area contributed by atoms with Crippen LogP contribution in [0.25, 0.3) is 17.4 Å². The summed E-state index contributed by atoms with van der Waals surface area (Å²) in [6.45, 7) is 7.63. The molecule has 0 N–H and O–H groups in total. The minimum atomic E-state index is -1.26. The molecule has 0 fully saturated rings. The summed E-state index contributed by atoms with van der Waals surface area (Å²) in [4.78, 5) is 42.9. The van der Waals surface area contributed by atoms with Crippen LogP contribution in [-0.2, 0) is 9.53 Å². The molecular weight excluding hydrogens is 544 g/mol. The highest BCUT2D eigenvalue weighted by molar-refractivity contribution is 7.07. The fourth-order valence-electron chi connectivity index (χ4n) is 4.49. The number of carbonyl (C=O) groups excluding carboxylic acids is 2. The number of allylic oxidation sites excluding steroid dienone is 1. The smallest absolute Gasteiger partial charge is 0.338 e. The largest absolute Gasteiger partial charge is 0.545 e. The van der Waals surface area contributed by atoms with Crippen molar-refractivity contribution in [1.29, 1.82) is 0 Å². The Hall–Kier alpha value is -4.96. The molecule has 1 unspecified atom stereocenters. The summed E-state index contributed by atoms with van der Waals surface area (Å²) in [5.74, 6) is -0.242. The van der Waals surface area contributed by atoms with E-state index in [1.54, 1.807) is 62.4 Å². The number of benzene rings is 2. The van der Waals surface area contributed by atoms with Gasteiger partial charge in [-0.3, -0.25) is 9.36 Å². The molecule has 3 heterocycles. The molecule has 0 radical (unpaired) electrons. The van der Waals surface area contributed by atoms with Gasteiger partial charge in [0.2, 0.25) is 0 Å². The van der Waals surface area contributed by atoms with Gasteiger partial charge in [0.15, 0.2) is 4.80 Å². The van der Waals surface area contributed by atoms with E-state index in [4.69, 9.17) is 13.9 Å². The first kappa shape index (κ1) is 27.6. The molecule has 1 atom stereocenters. The molecule has 4 aromatic rings. The van der Waals surface area contributed by atoms with Gasteiger partial charge in [-0.25, -0.2) is 9.79 Å². The molecule has 0 amide bonds. The lowest BCUT2D eigenvalue weighted by Gasteiger charge is -2.24. The molecule has 2 aromatic carbocycles. The van der Waals surface area contributed by atoms with Gasteiger partial charge in [-0.1, -0.05) is 60.4 Å². The first-order valence-electron chi connectivity index (χ1n) is 12.8. The molecule has 0 spiro atoms. The third-order valence-electron chi connectivity index (χ3n) is 6.39. The molecule has 0 saturated carbocycles. The van der Waals surface area contributed by atoms with Crippen LogP contribution in [0.4, 0.5) is 0 Å². The maximum absolute atomic E-state index is 13.8. The van der Waals surface area contributed by atoms with Crippen LogP contribution < -0.4 is 24.7 Å². The summed E-state index contributed by atoms with van der Waals surface area (Å²) < 4.78 is 18.7. The van der Waals surface area contributed by atoms with E-state index in [9.17, 15) is 19.5 Å². The van der Waals surface area contributed by atoms with Crippen LogP contribution in [0.3, 0.4) is 0 Å². The lowest BCUT2D eigenvalue weighted by atomic mass is 9.96. The number of carboxylic acid groups (broad SMARTS) is 1. The molecule has 5 rings (SSSR count). The Morgan fingerprint density at radius 3 is 2.51 bits per heavy atom. The highest BCUT2D eigenvalue weighted by atomic mass is 32.1. The second kappa shape index (κ2) is 11.6. The average Bonchev–Trinajstić information content (AvgIpc) is 3.55. The van der Waals surface area contributed by atoms with Crippen molar-refractivity contribution in [3.05, 3.63) is 121 Å². The van der Waals surface area contributed by atoms with Crippen LogP contribution in [-0.4, -0.2) is 29.7 Å². The number of hydrogen-bond donors (Lipinski definition) is 0. The Labute approximate surface area is 238 Å². The summed E-state index contributed by atoms with van der Waals surface area (Å²) >= 11 is 1.18. The molecule has 1 aliphatic heterocycles. The predicted molar refractivity (Wildman–Crippen MR) is 151 cm³/mol. The van der Waals surface area contributed by atoms with Crippen molar-refractivity contribution in [1.82, 2.24) is 4.57 Å². The maximum Gasteiger partial charge on any atom is 0.338 e. The fourth-order valence-corrected chi connectivity index (χ4v) is 5.52. The van der Waals surface area contributed by atoms with Crippen molar-refractivity contribution in [2.75, 3.05) is 13.2 Å². The number of hydrogen-bond acceptors (Lipinski definition) is 9. The number of rotatable bonds is 9. The van der Waals surface area contributed by atoms with Gasteiger partial charge in [0.05, 0.1) is 34.4 Å². The molecule has 41 heavy (non-hydrogen) atoms. The van der Waals surface area contributed by atoms with E-state index >= 15 is 0 Å². The number of carbonyl (C=O) groups is 2. The van der Waals surface area contributed by atoms with Crippen LogP contribution in [0.2, 0.25) is 0 Å². The second-order valence-corrected chi connectivity index (χ2v) is 10.0. The van der Waals surface area contributed by atoms with Crippen molar-refractivity contribution in [2.45, 2.75) is 19.9 Å². The lowest BCUT2D eigenvalue weighted by Crippen LogP contribution is -2.39. The Balaban J connectivity index is 1.57. The summed E-state index contributed by atoms with van der Waals surface area (Å²) in [6.07, 6.45) is 3.26. The van der Waals surface area contributed by atoms with Crippen molar-refractivity contribution in [3.63, 3.8) is 0 Å². The Morgan fingerprint density at radius 2 is 1.85 bits per heavy atom. The standard InChI is InChI=1S/C31H26N2O7S/c1-4-16-39-22-12-10-20(11-13-22)27-26(30(37)38-5-2)18(3)32-31-33(27)28(34)25(41-31)17-23-14-15-24(40-23)19-6-8-21(9-7-19)29(35)36/h4,6-15,17,27H,1,5,16H2,2-3H3,(H,35,36)/p-1. The number of ether oxygens (including phenoxy) is 2. The quantitative estimate of drug-likeness (QED) is 0.224. The summed E-state index contributed by atoms with van der Waals surface area (Å²) in [5, 5.41) is 11.0. The minimum Gasteiger partial charge on any atom is -0.545 e. The number of furan rings is 1. The fraction of sp³-hybridized carbons (Fsp3) is 0.161. The second-order valence-electron chi connectivity index (χ2n) is 9.04. The van der Waals surface area contributed by atoms with Gasteiger partial charge in [-0.2, -0.15) is 0 Å². The van der Waals surface area contributed by atoms with E-state index in [0.29, 0.717) is 50.0 Å². The predicted octanol–water partition coefficient (Wildman–Crippen LogP) is 2.99. The third-order valence-corrected chi connectivity index (χ3v) is 7.37. The highest BCUT2D eigenvalue weighted by Crippen LogP contribution is 2.31. The molecule has 0 aliphatic carbocycles. The average molecular weight is 570 g/mol. The number of carboxylic acids is 1. The number of aromatic nitrogens is 1. The summed E-state index contributed by atoms with van der Waals surface area (Å²) in [7, 11) is 0. The summed E-state index contributed by atoms with van der Waals surface area (Å²) in [6, 6.07) is 16.0. The van der Waals surface area contributed by atoms with Crippen molar-refractivity contribution in [3.8, 4) is 17.1 Å². The molecule has 9 nitrogen and oxygen atoms in total. The first-order valence-corrected chi connectivity index (χ1v) is 13.6. The number of esters is 1. The molecule has 2 aromatic heterocycles. The Morgan fingerprint density at radius 1 is 1.12 bits per heavy atom. The van der Waals surface area contributed by atoms with Gasteiger partial charge in [0.1, 0.15) is 23.9 Å². The molecule has 208 valence electrons. The van der Waals surface area contributed by atoms with E-state index < -0.39 is 18.0 Å². The molecule has 0 saturated heterocycles. The van der Waals surface area contributed by atoms with E-state index in [1.165, 1.54) is 28.0 Å². The molecule has 10 heteroatoms. The third kappa shape index (κ3) is 5.55. The summed E-state index contributed by atoms with van der Waals surface area (Å²) in [5.41, 5.74) is 1.84. The molecule has 1 aliphatic rings. The first-order chi connectivity index (χ1) is 19.8. The number of nitrogens with zero attached hydrogens (tertiary/aromatic N) is 2.